The third kappa shape index (κ3) is 3.32. The van der Waals surface area contributed by atoms with E-state index >= 15 is 0 Å². The van der Waals surface area contributed by atoms with Gasteiger partial charge in [-0.25, -0.2) is 9.78 Å². The molecule has 27 heavy (non-hydrogen) atoms. The standard InChI is InChI=1S/C20H21N3O4/c24-18(25)20-10-3-4-14(20)12-23(13-20)19(26)22-15-6-8-16(9-7-15)27-17-5-1-2-11-21-17/h1-2,5-9,11,14H,3-4,10,12-13H2,(H,22,26)(H,24,25)/t14-,20+/m0/s1. The van der Waals surface area contributed by atoms with Crippen molar-refractivity contribution in [3.8, 4) is 11.6 Å². The van der Waals surface area contributed by atoms with Crippen LogP contribution in [0.3, 0.4) is 0 Å². The van der Waals surface area contributed by atoms with Crippen molar-refractivity contribution >= 4 is 17.7 Å². The molecule has 7 nitrogen and oxygen atoms in total. The van der Waals surface area contributed by atoms with E-state index in [1.54, 1.807) is 41.4 Å². The van der Waals surface area contributed by atoms with Crippen molar-refractivity contribution in [1.82, 2.24) is 9.88 Å². The van der Waals surface area contributed by atoms with Gasteiger partial charge in [0.2, 0.25) is 5.88 Å². The smallest absolute Gasteiger partial charge is 0.321 e. The summed E-state index contributed by atoms with van der Waals surface area (Å²) in [4.78, 5) is 30.0. The van der Waals surface area contributed by atoms with Gasteiger partial charge in [0.15, 0.2) is 0 Å². The fourth-order valence-corrected chi connectivity index (χ4v) is 4.13. The molecule has 140 valence electrons. The Labute approximate surface area is 157 Å². The van der Waals surface area contributed by atoms with E-state index in [2.05, 4.69) is 10.3 Å². The fraction of sp³-hybridized carbons (Fsp3) is 0.350. The summed E-state index contributed by atoms with van der Waals surface area (Å²) in [7, 11) is 0. The molecule has 2 fully saturated rings. The highest BCUT2D eigenvalue weighted by atomic mass is 16.5. The number of hydrogen-bond donors (Lipinski definition) is 2. The van der Waals surface area contributed by atoms with Crippen molar-refractivity contribution in [3.63, 3.8) is 0 Å². The second kappa shape index (κ2) is 6.90. The number of likely N-dealkylation sites (tertiary alicyclic amines) is 1. The molecule has 2 atom stereocenters. The van der Waals surface area contributed by atoms with E-state index in [9.17, 15) is 14.7 Å². The number of anilines is 1. The Hall–Kier alpha value is -3.09. The van der Waals surface area contributed by atoms with Gasteiger partial charge in [0.25, 0.3) is 0 Å². The summed E-state index contributed by atoms with van der Waals surface area (Å²) in [5, 5.41) is 12.5. The van der Waals surface area contributed by atoms with Gasteiger partial charge in [-0.15, -0.1) is 0 Å². The zero-order valence-electron chi connectivity index (χ0n) is 14.8. The predicted octanol–water partition coefficient (Wildman–Crippen LogP) is 3.59. The van der Waals surface area contributed by atoms with Gasteiger partial charge in [0, 0.05) is 31.0 Å². The number of amides is 2. The number of rotatable bonds is 4. The summed E-state index contributed by atoms with van der Waals surface area (Å²) >= 11 is 0. The lowest BCUT2D eigenvalue weighted by Crippen LogP contribution is -2.38. The van der Waals surface area contributed by atoms with Crippen LogP contribution >= 0.6 is 0 Å². The second-order valence-corrected chi connectivity index (χ2v) is 7.16. The van der Waals surface area contributed by atoms with Crippen molar-refractivity contribution in [2.45, 2.75) is 19.3 Å². The molecule has 2 heterocycles. The number of carboxylic acids is 1. The van der Waals surface area contributed by atoms with Crippen LogP contribution in [0.5, 0.6) is 11.6 Å². The Morgan fingerprint density at radius 3 is 2.70 bits per heavy atom. The number of fused-ring (bicyclic) bond motifs is 1. The summed E-state index contributed by atoms with van der Waals surface area (Å²) in [6.07, 6.45) is 4.09. The van der Waals surface area contributed by atoms with Crippen LogP contribution in [-0.4, -0.2) is 40.1 Å². The van der Waals surface area contributed by atoms with Gasteiger partial charge < -0.3 is 20.1 Å². The number of carboxylic acid groups (broad SMARTS) is 1. The lowest BCUT2D eigenvalue weighted by molar-refractivity contribution is -0.149. The molecule has 4 rings (SSSR count). The third-order valence-electron chi connectivity index (χ3n) is 5.55. The molecule has 1 saturated heterocycles. The molecule has 1 saturated carbocycles. The van der Waals surface area contributed by atoms with Crippen molar-refractivity contribution < 1.29 is 19.4 Å². The average molecular weight is 367 g/mol. The van der Waals surface area contributed by atoms with Gasteiger partial charge in [0.1, 0.15) is 5.75 Å². The van der Waals surface area contributed by atoms with E-state index in [1.165, 1.54) is 0 Å². The molecule has 0 unspecified atom stereocenters. The first-order chi connectivity index (χ1) is 13.1. The molecule has 0 spiro atoms. The van der Waals surface area contributed by atoms with E-state index in [0.29, 0.717) is 30.3 Å². The molecule has 1 aliphatic carbocycles. The van der Waals surface area contributed by atoms with Crippen LogP contribution in [-0.2, 0) is 4.79 Å². The maximum atomic E-state index is 12.6. The van der Waals surface area contributed by atoms with Crippen molar-refractivity contribution in [2.75, 3.05) is 18.4 Å². The molecule has 7 heteroatoms. The van der Waals surface area contributed by atoms with Crippen molar-refractivity contribution in [1.29, 1.82) is 0 Å². The normalized spacial score (nSPS) is 23.7. The molecular formula is C20H21N3O4. The SMILES string of the molecule is O=C(Nc1ccc(Oc2ccccn2)cc1)N1C[C@@H]2CCC[C@@]2(C(=O)O)C1. The van der Waals surface area contributed by atoms with Crippen molar-refractivity contribution in [2.24, 2.45) is 11.3 Å². The van der Waals surface area contributed by atoms with Gasteiger partial charge in [0.05, 0.1) is 5.41 Å². The van der Waals surface area contributed by atoms with E-state index in [4.69, 9.17) is 4.74 Å². The minimum Gasteiger partial charge on any atom is -0.481 e. The zero-order valence-corrected chi connectivity index (χ0v) is 14.8. The van der Waals surface area contributed by atoms with Gasteiger partial charge in [-0.05, 0) is 49.1 Å². The Morgan fingerprint density at radius 2 is 2.04 bits per heavy atom. The molecule has 0 radical (unpaired) electrons. The van der Waals surface area contributed by atoms with Crippen LogP contribution < -0.4 is 10.1 Å². The average Bonchev–Trinajstić information content (AvgIpc) is 3.23. The van der Waals surface area contributed by atoms with Crippen LogP contribution in [0.25, 0.3) is 0 Å². The van der Waals surface area contributed by atoms with Crippen LogP contribution in [0.15, 0.2) is 48.7 Å². The van der Waals surface area contributed by atoms with Gasteiger partial charge in [-0.2, -0.15) is 0 Å². The Balaban J connectivity index is 1.38. The van der Waals surface area contributed by atoms with Crippen LogP contribution in [0, 0.1) is 11.3 Å². The van der Waals surface area contributed by atoms with Gasteiger partial charge >= 0.3 is 12.0 Å². The summed E-state index contributed by atoms with van der Waals surface area (Å²) in [5.41, 5.74) is -0.132. The first kappa shape index (κ1) is 17.3. The molecular weight excluding hydrogens is 346 g/mol. The van der Waals surface area contributed by atoms with Crippen LogP contribution in [0.4, 0.5) is 10.5 Å². The van der Waals surface area contributed by atoms with Crippen LogP contribution in [0.1, 0.15) is 19.3 Å². The van der Waals surface area contributed by atoms with E-state index in [0.717, 1.165) is 12.8 Å². The lowest BCUT2D eigenvalue weighted by atomic mass is 9.81. The number of carbonyl (C=O) groups is 2. The quantitative estimate of drug-likeness (QED) is 0.862. The number of carbonyl (C=O) groups excluding carboxylic acids is 1. The van der Waals surface area contributed by atoms with Gasteiger partial charge in [-0.3, -0.25) is 4.79 Å². The fourth-order valence-electron chi connectivity index (χ4n) is 4.13. The molecule has 2 aromatic rings. The number of aromatic nitrogens is 1. The molecule has 0 bridgehead atoms. The molecule has 1 aromatic carbocycles. The number of nitrogens with zero attached hydrogens (tertiary/aromatic N) is 2. The highest BCUT2D eigenvalue weighted by Crippen LogP contribution is 2.48. The Morgan fingerprint density at radius 1 is 1.22 bits per heavy atom. The summed E-state index contributed by atoms with van der Waals surface area (Å²) < 4.78 is 5.63. The van der Waals surface area contributed by atoms with E-state index in [1.807, 2.05) is 12.1 Å². The molecule has 1 aromatic heterocycles. The first-order valence-corrected chi connectivity index (χ1v) is 9.05. The van der Waals surface area contributed by atoms with E-state index in [-0.39, 0.29) is 18.5 Å². The first-order valence-electron chi connectivity index (χ1n) is 9.05. The minimum absolute atomic E-state index is 0.0508. The molecule has 2 aliphatic rings. The van der Waals surface area contributed by atoms with E-state index < -0.39 is 11.4 Å². The molecule has 2 amide bonds. The second-order valence-electron chi connectivity index (χ2n) is 7.16. The topological polar surface area (TPSA) is 91.8 Å². The predicted molar refractivity (Wildman–Crippen MR) is 98.8 cm³/mol. The zero-order chi connectivity index (χ0) is 18.9. The Bertz CT molecular complexity index is 840. The largest absolute Gasteiger partial charge is 0.481 e. The highest BCUT2D eigenvalue weighted by molar-refractivity contribution is 5.90. The Kier molecular flexibility index (Phi) is 4.43. The third-order valence-corrected chi connectivity index (χ3v) is 5.55. The number of nitrogens with one attached hydrogen (secondary N) is 1. The van der Waals surface area contributed by atoms with Crippen molar-refractivity contribution in [3.05, 3.63) is 48.7 Å². The molecule has 2 N–H and O–H groups in total. The summed E-state index contributed by atoms with van der Waals surface area (Å²) in [6.45, 7) is 0.776. The number of urea groups is 1. The maximum absolute atomic E-state index is 12.6. The monoisotopic (exact) mass is 367 g/mol. The van der Waals surface area contributed by atoms with Gasteiger partial charge in [-0.1, -0.05) is 12.5 Å². The number of ether oxygens (including phenoxy) is 1. The minimum atomic E-state index is -0.781. The summed E-state index contributed by atoms with van der Waals surface area (Å²) in [5.74, 6) is 0.385. The number of pyridine rings is 1. The number of benzene rings is 1. The summed E-state index contributed by atoms with van der Waals surface area (Å²) in [6, 6.07) is 12.2. The number of aliphatic carboxylic acids is 1. The number of hydrogen-bond acceptors (Lipinski definition) is 4. The molecule has 1 aliphatic heterocycles. The maximum Gasteiger partial charge on any atom is 0.321 e. The highest BCUT2D eigenvalue weighted by Gasteiger charge is 2.55. The van der Waals surface area contributed by atoms with Crippen LogP contribution in [0.2, 0.25) is 0 Å². The lowest BCUT2D eigenvalue weighted by Gasteiger charge is -2.23.